The van der Waals surface area contributed by atoms with Crippen LogP contribution in [0.25, 0.3) is 5.69 Å². The molecule has 1 saturated heterocycles. The Morgan fingerprint density at radius 3 is 2.50 bits per heavy atom. The second kappa shape index (κ2) is 9.47. The standard InChI is InChI=1S/C23H26N6O3S2/c1-17-5-8-20(9-6-17)29-23(24-25-26-29)33-16-22(30)27-11-13-28(14-12-27)34(31,32)21-10-7-18-3-2-4-19(18)15-21/h5-10,15H,2-4,11-14,16H2,1H3. The average molecular weight is 499 g/mol. The molecular weight excluding hydrogens is 472 g/mol. The van der Waals surface area contributed by atoms with E-state index in [1.807, 2.05) is 43.3 Å². The quantitative estimate of drug-likeness (QED) is 0.480. The van der Waals surface area contributed by atoms with Gasteiger partial charge in [-0.15, -0.1) is 5.10 Å². The topological polar surface area (TPSA) is 101 Å². The maximum atomic E-state index is 13.1. The third-order valence-electron chi connectivity index (χ3n) is 6.34. The lowest BCUT2D eigenvalue weighted by Gasteiger charge is -2.34. The Morgan fingerprint density at radius 1 is 1.00 bits per heavy atom. The number of sulfonamides is 1. The second-order valence-corrected chi connectivity index (χ2v) is 11.4. The summed E-state index contributed by atoms with van der Waals surface area (Å²) in [6.07, 6.45) is 3.03. The van der Waals surface area contributed by atoms with E-state index in [1.165, 1.54) is 21.6 Å². The van der Waals surface area contributed by atoms with E-state index in [9.17, 15) is 13.2 Å². The van der Waals surface area contributed by atoms with E-state index >= 15 is 0 Å². The second-order valence-electron chi connectivity index (χ2n) is 8.57. The van der Waals surface area contributed by atoms with Crippen molar-refractivity contribution in [3.05, 3.63) is 59.2 Å². The molecule has 0 radical (unpaired) electrons. The zero-order chi connectivity index (χ0) is 23.7. The van der Waals surface area contributed by atoms with Crippen molar-refractivity contribution >= 4 is 27.7 Å². The van der Waals surface area contributed by atoms with Gasteiger partial charge in [-0.2, -0.15) is 8.99 Å². The Morgan fingerprint density at radius 2 is 1.74 bits per heavy atom. The van der Waals surface area contributed by atoms with Crippen molar-refractivity contribution in [3.8, 4) is 5.69 Å². The van der Waals surface area contributed by atoms with E-state index in [0.717, 1.165) is 36.1 Å². The van der Waals surface area contributed by atoms with Crippen LogP contribution in [0.4, 0.5) is 0 Å². The largest absolute Gasteiger partial charge is 0.339 e. The van der Waals surface area contributed by atoms with Crippen LogP contribution in [0.15, 0.2) is 52.5 Å². The summed E-state index contributed by atoms with van der Waals surface area (Å²) in [6.45, 7) is 3.32. The lowest BCUT2D eigenvalue weighted by molar-refractivity contribution is -0.129. The van der Waals surface area contributed by atoms with Crippen molar-refractivity contribution in [1.82, 2.24) is 29.4 Å². The molecule has 0 saturated carbocycles. The first-order valence-corrected chi connectivity index (χ1v) is 13.7. The Bertz CT molecular complexity index is 1300. The van der Waals surface area contributed by atoms with Gasteiger partial charge in [0, 0.05) is 26.2 Å². The lowest BCUT2D eigenvalue weighted by atomic mass is 10.1. The van der Waals surface area contributed by atoms with Gasteiger partial charge >= 0.3 is 0 Å². The molecule has 1 fully saturated rings. The number of piperazine rings is 1. The summed E-state index contributed by atoms with van der Waals surface area (Å²) in [5, 5.41) is 12.4. The zero-order valence-electron chi connectivity index (χ0n) is 18.9. The summed E-state index contributed by atoms with van der Waals surface area (Å²) < 4.78 is 29.4. The highest BCUT2D eigenvalue weighted by atomic mass is 32.2. The van der Waals surface area contributed by atoms with E-state index in [-0.39, 0.29) is 24.7 Å². The molecule has 0 atom stereocenters. The molecule has 0 bridgehead atoms. The molecule has 11 heteroatoms. The van der Waals surface area contributed by atoms with Crippen molar-refractivity contribution in [2.45, 2.75) is 36.2 Å². The molecule has 5 rings (SSSR count). The zero-order valence-corrected chi connectivity index (χ0v) is 20.6. The van der Waals surface area contributed by atoms with Crippen LogP contribution in [-0.2, 0) is 27.7 Å². The molecule has 1 aromatic heterocycles. The van der Waals surface area contributed by atoms with E-state index in [0.29, 0.717) is 23.1 Å². The summed E-state index contributed by atoms with van der Waals surface area (Å²) in [7, 11) is -3.56. The monoisotopic (exact) mass is 498 g/mol. The number of carbonyl (C=O) groups is 1. The smallest absolute Gasteiger partial charge is 0.243 e. The fraction of sp³-hybridized carbons (Fsp3) is 0.391. The van der Waals surface area contributed by atoms with Gasteiger partial charge in [0.05, 0.1) is 16.3 Å². The van der Waals surface area contributed by atoms with E-state index in [1.54, 1.807) is 15.6 Å². The number of hydrogen-bond acceptors (Lipinski definition) is 7. The number of aryl methyl sites for hydroxylation is 3. The molecule has 178 valence electrons. The Balaban J connectivity index is 1.18. The number of benzene rings is 2. The third-order valence-corrected chi connectivity index (χ3v) is 9.14. The molecule has 34 heavy (non-hydrogen) atoms. The van der Waals surface area contributed by atoms with Crippen molar-refractivity contribution in [2.75, 3.05) is 31.9 Å². The van der Waals surface area contributed by atoms with Gasteiger partial charge in [-0.05, 0) is 72.0 Å². The highest BCUT2D eigenvalue weighted by Gasteiger charge is 2.31. The molecule has 9 nitrogen and oxygen atoms in total. The van der Waals surface area contributed by atoms with Crippen LogP contribution in [0.3, 0.4) is 0 Å². The van der Waals surface area contributed by atoms with E-state index < -0.39 is 10.0 Å². The number of tetrazole rings is 1. The summed E-state index contributed by atoms with van der Waals surface area (Å²) in [4.78, 5) is 14.9. The van der Waals surface area contributed by atoms with Gasteiger partial charge in [0.2, 0.25) is 21.1 Å². The molecule has 0 spiro atoms. The number of carbonyl (C=O) groups excluding carboxylic acids is 1. The fourth-order valence-corrected chi connectivity index (χ4v) is 6.64. The van der Waals surface area contributed by atoms with Gasteiger partial charge in [0.15, 0.2) is 0 Å². The molecule has 0 unspecified atom stereocenters. The van der Waals surface area contributed by atoms with Gasteiger partial charge in [0.25, 0.3) is 0 Å². The van der Waals surface area contributed by atoms with Crippen LogP contribution in [-0.4, -0.2) is 75.7 Å². The van der Waals surface area contributed by atoms with E-state index in [4.69, 9.17) is 0 Å². The maximum Gasteiger partial charge on any atom is 0.243 e. The van der Waals surface area contributed by atoms with Crippen LogP contribution in [0.2, 0.25) is 0 Å². The minimum atomic E-state index is -3.56. The molecule has 2 heterocycles. The summed E-state index contributed by atoms with van der Waals surface area (Å²) in [6, 6.07) is 13.3. The van der Waals surface area contributed by atoms with Crippen molar-refractivity contribution in [2.24, 2.45) is 0 Å². The van der Waals surface area contributed by atoms with Crippen LogP contribution < -0.4 is 0 Å². The Hall–Kier alpha value is -2.76. The molecular formula is C23H26N6O3S2. The SMILES string of the molecule is Cc1ccc(-n2nnnc2SCC(=O)N2CCN(S(=O)(=O)c3ccc4c(c3)CCC4)CC2)cc1. The van der Waals surface area contributed by atoms with Gasteiger partial charge in [-0.25, -0.2) is 8.42 Å². The summed E-state index contributed by atoms with van der Waals surface area (Å²) in [5.74, 6) is 0.127. The molecule has 0 N–H and O–H groups in total. The third kappa shape index (κ3) is 4.59. The van der Waals surface area contributed by atoms with Crippen LogP contribution >= 0.6 is 11.8 Å². The van der Waals surface area contributed by atoms with Gasteiger partial charge in [0.1, 0.15) is 0 Å². The summed E-state index contributed by atoms with van der Waals surface area (Å²) in [5.41, 5.74) is 4.36. The Labute approximate surface area is 203 Å². The van der Waals surface area contributed by atoms with Gasteiger partial charge in [-0.1, -0.05) is 35.5 Å². The molecule has 3 aromatic rings. The first kappa shape index (κ1) is 23.0. The number of fused-ring (bicyclic) bond motifs is 1. The average Bonchev–Trinajstić information content (AvgIpc) is 3.52. The van der Waals surface area contributed by atoms with Gasteiger partial charge < -0.3 is 4.90 Å². The van der Waals surface area contributed by atoms with Crippen molar-refractivity contribution < 1.29 is 13.2 Å². The minimum Gasteiger partial charge on any atom is -0.339 e. The van der Waals surface area contributed by atoms with Gasteiger partial charge in [-0.3, -0.25) is 4.79 Å². The summed E-state index contributed by atoms with van der Waals surface area (Å²) >= 11 is 1.27. The molecule has 1 amide bonds. The first-order valence-electron chi connectivity index (χ1n) is 11.3. The number of amides is 1. The number of nitrogens with zero attached hydrogens (tertiary/aromatic N) is 6. The molecule has 1 aliphatic carbocycles. The minimum absolute atomic E-state index is 0.0574. The molecule has 2 aliphatic rings. The van der Waals surface area contributed by atoms with Crippen LogP contribution in [0, 0.1) is 6.92 Å². The fourth-order valence-electron chi connectivity index (χ4n) is 4.37. The molecule has 2 aromatic carbocycles. The van der Waals surface area contributed by atoms with E-state index in [2.05, 4.69) is 15.5 Å². The lowest BCUT2D eigenvalue weighted by Crippen LogP contribution is -2.51. The highest BCUT2D eigenvalue weighted by Crippen LogP contribution is 2.27. The van der Waals surface area contributed by atoms with Crippen molar-refractivity contribution in [1.29, 1.82) is 0 Å². The maximum absolute atomic E-state index is 13.1. The van der Waals surface area contributed by atoms with Crippen LogP contribution in [0.1, 0.15) is 23.1 Å². The Kier molecular flexibility index (Phi) is 6.41. The number of thioether (sulfide) groups is 1. The van der Waals surface area contributed by atoms with Crippen molar-refractivity contribution in [3.63, 3.8) is 0 Å². The normalized spacial score (nSPS) is 16.6. The van der Waals surface area contributed by atoms with Crippen LogP contribution in [0.5, 0.6) is 0 Å². The number of rotatable bonds is 6. The number of aromatic nitrogens is 4. The number of hydrogen-bond donors (Lipinski definition) is 0. The predicted octanol–water partition coefficient (Wildman–Crippen LogP) is 2.08. The predicted molar refractivity (Wildman–Crippen MR) is 128 cm³/mol. The highest BCUT2D eigenvalue weighted by molar-refractivity contribution is 7.99. The molecule has 1 aliphatic heterocycles. The first-order chi connectivity index (χ1) is 16.4.